The Kier molecular flexibility index (Phi) is 16.7. The van der Waals surface area contributed by atoms with Crippen LogP contribution in [0.3, 0.4) is 0 Å². The van der Waals surface area contributed by atoms with E-state index < -0.39 is 108 Å². The van der Waals surface area contributed by atoms with Crippen molar-refractivity contribution in [3.05, 3.63) is 107 Å². The van der Waals surface area contributed by atoms with Crippen LogP contribution in [0.2, 0.25) is 0 Å². The van der Waals surface area contributed by atoms with Crippen molar-refractivity contribution in [2.75, 3.05) is 13.1 Å². The number of halogens is 2. The molecule has 0 bridgehead atoms. The standard InChI is InChI=1S/C41H46F2N6O10/c1-2-11-29(36(53)40(57)45-21-32(50)48-35(37(44)54)25-14-7-4-8-15-25)46-38(55)31-20-26(59-23-24-12-5-3-6-13-24)22-49(31)41(58)30(18-10-19-33(51)52)47-39(56)34-27(42)16-9-17-28(34)43/h3-9,12-17,26,29-31,35H,2,10-11,18-23H2,1H3,(H2,44,54)(H,45,57)(H,46,55)(H,47,56)(H,48,50)(H,51,52)/t26-,29?,30+,31+,35+/m1/s1. The van der Waals surface area contributed by atoms with E-state index in [4.69, 9.17) is 10.5 Å². The second-order valence-corrected chi connectivity index (χ2v) is 13.8. The van der Waals surface area contributed by atoms with E-state index in [1.807, 2.05) is 0 Å². The average Bonchev–Trinajstić information content (AvgIpc) is 3.65. The maximum Gasteiger partial charge on any atom is 0.303 e. The quantitative estimate of drug-likeness (QED) is 0.0852. The van der Waals surface area contributed by atoms with Crippen molar-refractivity contribution >= 4 is 47.2 Å². The summed E-state index contributed by atoms with van der Waals surface area (Å²) < 4.78 is 35.2. The SMILES string of the molecule is CCCC(NC(=O)[C@@H]1C[C@@H](OCc2ccccc2)CN1C(=O)[C@H](CCCC(=O)O)NC(=O)c1c(F)cccc1F)C(=O)C(=O)NCC(=O)N[C@H](C(N)=O)c1ccccc1. The molecule has 1 unspecified atom stereocenters. The zero-order valence-electron chi connectivity index (χ0n) is 32.2. The number of carbonyl (C=O) groups excluding carboxylic acids is 7. The monoisotopic (exact) mass is 820 g/mol. The molecule has 0 spiro atoms. The maximum atomic E-state index is 14.6. The van der Waals surface area contributed by atoms with Gasteiger partial charge in [0.05, 0.1) is 25.3 Å². The summed E-state index contributed by atoms with van der Waals surface area (Å²) in [6, 6.07) is 14.3. The number of carboxylic acid groups (broad SMARTS) is 1. The Balaban J connectivity index is 1.52. The third kappa shape index (κ3) is 13.0. The molecule has 16 nitrogen and oxygen atoms in total. The number of hydrogen-bond acceptors (Lipinski definition) is 9. The van der Waals surface area contributed by atoms with E-state index in [1.54, 1.807) is 67.6 Å². The van der Waals surface area contributed by atoms with Crippen molar-refractivity contribution in [2.24, 2.45) is 5.73 Å². The van der Waals surface area contributed by atoms with Gasteiger partial charge in [0.25, 0.3) is 11.8 Å². The van der Waals surface area contributed by atoms with Crippen LogP contribution in [0, 0.1) is 11.6 Å². The van der Waals surface area contributed by atoms with Crippen molar-refractivity contribution in [1.29, 1.82) is 0 Å². The summed E-state index contributed by atoms with van der Waals surface area (Å²) in [7, 11) is 0. The first-order valence-electron chi connectivity index (χ1n) is 18.9. The molecule has 4 rings (SSSR count). The number of aliphatic carboxylic acids is 1. The minimum absolute atomic E-state index is 0.0291. The minimum atomic E-state index is -1.55. The molecule has 0 aromatic heterocycles. The van der Waals surface area contributed by atoms with Crippen LogP contribution in [-0.4, -0.2) is 94.5 Å². The van der Waals surface area contributed by atoms with E-state index in [2.05, 4.69) is 21.3 Å². The van der Waals surface area contributed by atoms with Crippen molar-refractivity contribution in [3.8, 4) is 0 Å². The number of benzene rings is 3. The Morgan fingerprint density at radius 2 is 1.49 bits per heavy atom. The molecule has 5 atom stereocenters. The van der Waals surface area contributed by atoms with Gasteiger partial charge in [-0.15, -0.1) is 0 Å². The number of nitrogens with two attached hydrogens (primary N) is 1. The summed E-state index contributed by atoms with van der Waals surface area (Å²) in [4.78, 5) is 105. The van der Waals surface area contributed by atoms with Crippen LogP contribution in [0.25, 0.3) is 0 Å². The van der Waals surface area contributed by atoms with Gasteiger partial charge in [0.1, 0.15) is 35.3 Å². The number of ketones is 1. The van der Waals surface area contributed by atoms with Gasteiger partial charge < -0.3 is 41.7 Å². The van der Waals surface area contributed by atoms with Gasteiger partial charge >= 0.3 is 5.97 Å². The van der Waals surface area contributed by atoms with Crippen molar-refractivity contribution in [2.45, 2.75) is 82.3 Å². The number of ether oxygens (including phenoxy) is 1. The van der Waals surface area contributed by atoms with E-state index in [1.165, 1.54) is 0 Å². The molecule has 3 aromatic rings. The third-order valence-electron chi connectivity index (χ3n) is 9.42. The summed E-state index contributed by atoms with van der Waals surface area (Å²) in [6.07, 6.45) is -1.44. The van der Waals surface area contributed by atoms with E-state index in [9.17, 15) is 52.2 Å². The number of primary amides is 1. The van der Waals surface area contributed by atoms with Gasteiger partial charge in [0.15, 0.2) is 0 Å². The van der Waals surface area contributed by atoms with Crippen molar-refractivity contribution < 1.29 is 57.0 Å². The molecule has 0 saturated carbocycles. The van der Waals surface area contributed by atoms with Gasteiger partial charge in [-0.05, 0) is 42.5 Å². The Labute approximate surface area is 338 Å². The molecule has 1 saturated heterocycles. The molecule has 18 heteroatoms. The first-order valence-corrected chi connectivity index (χ1v) is 18.9. The highest BCUT2D eigenvalue weighted by atomic mass is 19.1. The predicted molar refractivity (Wildman–Crippen MR) is 206 cm³/mol. The number of carbonyl (C=O) groups is 8. The van der Waals surface area contributed by atoms with E-state index in [0.29, 0.717) is 12.0 Å². The number of hydrogen-bond donors (Lipinski definition) is 6. The van der Waals surface area contributed by atoms with Crippen molar-refractivity contribution in [3.63, 3.8) is 0 Å². The zero-order valence-corrected chi connectivity index (χ0v) is 32.2. The molecular formula is C41H46F2N6O10. The smallest absolute Gasteiger partial charge is 0.303 e. The highest BCUT2D eigenvalue weighted by Crippen LogP contribution is 2.25. The third-order valence-corrected chi connectivity index (χ3v) is 9.42. The lowest BCUT2D eigenvalue weighted by atomic mass is 10.0. The Morgan fingerprint density at radius 3 is 2.10 bits per heavy atom. The fourth-order valence-electron chi connectivity index (χ4n) is 6.47. The molecule has 7 N–H and O–H groups in total. The van der Waals surface area contributed by atoms with E-state index in [0.717, 1.165) is 28.7 Å². The first-order chi connectivity index (χ1) is 28.2. The minimum Gasteiger partial charge on any atom is -0.481 e. The fourth-order valence-corrected chi connectivity index (χ4v) is 6.47. The molecule has 3 aromatic carbocycles. The molecule has 314 valence electrons. The molecular weight excluding hydrogens is 774 g/mol. The predicted octanol–water partition coefficient (Wildman–Crippen LogP) is 1.82. The number of rotatable bonds is 21. The van der Waals surface area contributed by atoms with E-state index >= 15 is 0 Å². The Bertz CT molecular complexity index is 1980. The lowest BCUT2D eigenvalue weighted by Crippen LogP contribution is -2.56. The summed E-state index contributed by atoms with van der Waals surface area (Å²) in [6.45, 7) is 0.849. The van der Waals surface area contributed by atoms with Crippen LogP contribution >= 0.6 is 0 Å². The molecule has 1 aliphatic rings. The first kappa shape index (κ1) is 45.1. The highest BCUT2D eigenvalue weighted by molar-refractivity contribution is 6.38. The van der Waals surface area contributed by atoms with Crippen LogP contribution in [0.4, 0.5) is 8.78 Å². The fraction of sp³-hybridized carbons (Fsp3) is 0.366. The van der Waals surface area contributed by atoms with Gasteiger partial charge in [-0.2, -0.15) is 0 Å². The largest absolute Gasteiger partial charge is 0.481 e. The summed E-state index contributed by atoms with van der Waals surface area (Å²) in [5.74, 6) is -10.7. The highest BCUT2D eigenvalue weighted by Gasteiger charge is 2.44. The topological polar surface area (TPSA) is 243 Å². The molecule has 1 heterocycles. The van der Waals surface area contributed by atoms with Gasteiger partial charge in [-0.1, -0.05) is 80.1 Å². The maximum absolute atomic E-state index is 14.6. The van der Waals surface area contributed by atoms with Gasteiger partial charge in [-0.3, -0.25) is 38.4 Å². The average molecular weight is 821 g/mol. The number of carboxylic acids is 1. The Hall–Kier alpha value is -6.56. The zero-order chi connectivity index (χ0) is 43.1. The second-order valence-electron chi connectivity index (χ2n) is 13.8. The van der Waals surface area contributed by atoms with E-state index in [-0.39, 0.29) is 38.8 Å². The number of Topliss-reactive ketones (excluding diaryl/α,β-unsaturated/α-hetero) is 1. The molecule has 1 fully saturated rings. The molecule has 1 aliphatic heterocycles. The molecule has 59 heavy (non-hydrogen) atoms. The number of amides is 6. The van der Waals surface area contributed by atoms with Crippen LogP contribution in [-0.2, 0) is 44.9 Å². The van der Waals surface area contributed by atoms with Gasteiger partial charge in [0.2, 0.25) is 29.4 Å². The Morgan fingerprint density at radius 1 is 0.847 bits per heavy atom. The van der Waals surface area contributed by atoms with Gasteiger partial charge in [0, 0.05) is 19.4 Å². The normalized spacial score (nSPS) is 16.2. The molecule has 0 radical (unpaired) electrons. The lowest BCUT2D eigenvalue weighted by molar-refractivity contribution is -0.143. The molecule has 6 amide bonds. The second kappa shape index (κ2) is 21.8. The molecule has 0 aliphatic carbocycles. The van der Waals surface area contributed by atoms with Crippen LogP contribution in [0.15, 0.2) is 78.9 Å². The summed E-state index contributed by atoms with van der Waals surface area (Å²) >= 11 is 0. The van der Waals surface area contributed by atoms with Crippen LogP contribution in [0.5, 0.6) is 0 Å². The van der Waals surface area contributed by atoms with Crippen molar-refractivity contribution in [1.82, 2.24) is 26.2 Å². The lowest BCUT2D eigenvalue weighted by Gasteiger charge is -2.29. The summed E-state index contributed by atoms with van der Waals surface area (Å²) in [5, 5.41) is 18.6. The van der Waals surface area contributed by atoms with Crippen LogP contribution in [0.1, 0.15) is 73.0 Å². The number of nitrogens with zero attached hydrogens (tertiary/aromatic N) is 1. The summed E-state index contributed by atoms with van der Waals surface area (Å²) in [5.41, 5.74) is 5.64. The van der Waals surface area contributed by atoms with Gasteiger partial charge in [-0.25, -0.2) is 8.78 Å². The number of nitrogens with one attached hydrogen (secondary N) is 4. The number of likely N-dealkylation sites (tertiary alicyclic amines) is 1. The van der Waals surface area contributed by atoms with Crippen LogP contribution < -0.4 is 27.0 Å².